The highest BCUT2D eigenvalue weighted by Crippen LogP contribution is 2.28. The molecule has 1 heterocycles. The zero-order valence-corrected chi connectivity index (χ0v) is 11.9. The Bertz CT molecular complexity index is 290. The molecular formula is C14H26N2O2. The molecule has 1 atom stereocenters. The minimum Gasteiger partial charge on any atom is -0.379 e. The lowest BCUT2D eigenvalue weighted by Gasteiger charge is -2.34. The number of nitrogens with zero attached hydrogens (tertiary/aromatic N) is 2. The molecule has 0 aromatic carbocycles. The summed E-state index contributed by atoms with van der Waals surface area (Å²) in [6.07, 6.45) is 2.38. The van der Waals surface area contributed by atoms with E-state index in [2.05, 4.69) is 30.6 Å². The van der Waals surface area contributed by atoms with Crippen LogP contribution in [0.1, 0.15) is 33.6 Å². The number of amides is 1. The van der Waals surface area contributed by atoms with Gasteiger partial charge in [-0.25, -0.2) is 0 Å². The fourth-order valence-corrected chi connectivity index (χ4v) is 2.50. The number of hydrogen-bond acceptors (Lipinski definition) is 3. The molecule has 1 saturated heterocycles. The Morgan fingerprint density at radius 3 is 2.72 bits per heavy atom. The molecule has 0 aromatic heterocycles. The summed E-state index contributed by atoms with van der Waals surface area (Å²) >= 11 is 0. The third-order valence-corrected chi connectivity index (χ3v) is 3.71. The maximum absolute atomic E-state index is 12.4. The SMILES string of the molecule is CC(C)CN(C(=O)CN1CCOCC1C)C1CC1. The molecule has 0 radical (unpaired) electrons. The lowest BCUT2D eigenvalue weighted by molar-refractivity contribution is -0.135. The van der Waals surface area contributed by atoms with Crippen molar-refractivity contribution < 1.29 is 9.53 Å². The second-order valence-corrected chi connectivity index (χ2v) is 6.07. The Morgan fingerprint density at radius 2 is 2.17 bits per heavy atom. The molecule has 4 heteroatoms. The van der Waals surface area contributed by atoms with Crippen LogP contribution in [0.25, 0.3) is 0 Å². The number of morpholine rings is 1. The van der Waals surface area contributed by atoms with Gasteiger partial charge >= 0.3 is 0 Å². The Labute approximate surface area is 110 Å². The summed E-state index contributed by atoms with van der Waals surface area (Å²) in [5.74, 6) is 0.858. The van der Waals surface area contributed by atoms with Crippen molar-refractivity contribution in [3.05, 3.63) is 0 Å². The van der Waals surface area contributed by atoms with Gasteiger partial charge in [0.25, 0.3) is 0 Å². The molecule has 2 aliphatic rings. The quantitative estimate of drug-likeness (QED) is 0.742. The van der Waals surface area contributed by atoms with Crippen LogP contribution in [0.5, 0.6) is 0 Å². The van der Waals surface area contributed by atoms with E-state index in [-0.39, 0.29) is 0 Å². The highest BCUT2D eigenvalue weighted by molar-refractivity contribution is 5.79. The third-order valence-electron chi connectivity index (χ3n) is 3.71. The van der Waals surface area contributed by atoms with Crippen LogP contribution in [0, 0.1) is 5.92 Å². The molecule has 4 nitrogen and oxygen atoms in total. The average Bonchev–Trinajstić information content (AvgIpc) is 3.12. The van der Waals surface area contributed by atoms with Crippen molar-refractivity contribution in [2.75, 3.05) is 32.8 Å². The van der Waals surface area contributed by atoms with Crippen LogP contribution in [0.2, 0.25) is 0 Å². The van der Waals surface area contributed by atoms with E-state index < -0.39 is 0 Å². The molecule has 2 fully saturated rings. The van der Waals surface area contributed by atoms with Crippen molar-refractivity contribution in [2.24, 2.45) is 5.92 Å². The van der Waals surface area contributed by atoms with E-state index in [1.807, 2.05) is 0 Å². The summed E-state index contributed by atoms with van der Waals surface area (Å²) in [5, 5.41) is 0. The van der Waals surface area contributed by atoms with Gasteiger partial charge in [-0.3, -0.25) is 9.69 Å². The molecule has 1 aliphatic carbocycles. The van der Waals surface area contributed by atoms with Crippen molar-refractivity contribution in [2.45, 2.75) is 45.7 Å². The van der Waals surface area contributed by atoms with E-state index in [9.17, 15) is 4.79 Å². The number of hydrogen-bond donors (Lipinski definition) is 0. The molecule has 0 N–H and O–H groups in total. The molecule has 2 rings (SSSR count). The Kier molecular flexibility index (Phi) is 4.62. The number of carbonyl (C=O) groups is 1. The van der Waals surface area contributed by atoms with Gasteiger partial charge in [0.05, 0.1) is 19.8 Å². The molecular weight excluding hydrogens is 228 g/mol. The van der Waals surface area contributed by atoms with E-state index in [0.29, 0.717) is 30.5 Å². The van der Waals surface area contributed by atoms with Gasteiger partial charge in [-0.2, -0.15) is 0 Å². The Balaban J connectivity index is 1.87. The van der Waals surface area contributed by atoms with Crippen LogP contribution in [-0.2, 0) is 9.53 Å². The van der Waals surface area contributed by atoms with Crippen molar-refractivity contribution in [3.8, 4) is 0 Å². The molecule has 1 aliphatic heterocycles. The molecule has 18 heavy (non-hydrogen) atoms. The van der Waals surface area contributed by atoms with Crippen LogP contribution in [-0.4, -0.2) is 60.6 Å². The second kappa shape index (κ2) is 6.02. The zero-order valence-electron chi connectivity index (χ0n) is 11.9. The summed E-state index contributed by atoms with van der Waals surface area (Å²) in [5.41, 5.74) is 0. The highest BCUT2D eigenvalue weighted by Gasteiger charge is 2.34. The van der Waals surface area contributed by atoms with Gasteiger partial charge < -0.3 is 9.64 Å². The highest BCUT2D eigenvalue weighted by atomic mass is 16.5. The van der Waals surface area contributed by atoms with Gasteiger partial charge in [0.2, 0.25) is 5.91 Å². The fourth-order valence-electron chi connectivity index (χ4n) is 2.50. The van der Waals surface area contributed by atoms with Crippen LogP contribution < -0.4 is 0 Å². The van der Waals surface area contributed by atoms with E-state index in [1.54, 1.807) is 0 Å². The minimum atomic E-state index is 0.306. The molecule has 1 saturated carbocycles. The van der Waals surface area contributed by atoms with Crippen molar-refractivity contribution in [3.63, 3.8) is 0 Å². The van der Waals surface area contributed by atoms with E-state index in [4.69, 9.17) is 4.74 Å². The first-order chi connectivity index (χ1) is 8.58. The number of ether oxygens (including phenoxy) is 1. The van der Waals surface area contributed by atoms with Crippen molar-refractivity contribution >= 4 is 5.91 Å². The topological polar surface area (TPSA) is 32.8 Å². The summed E-state index contributed by atoms with van der Waals surface area (Å²) in [6, 6.07) is 0.888. The standard InChI is InChI=1S/C14H26N2O2/c1-11(2)8-16(13-4-5-13)14(17)9-15-6-7-18-10-12(15)3/h11-13H,4-10H2,1-3H3. The predicted octanol–water partition coefficient (Wildman–Crippen LogP) is 1.35. The van der Waals surface area contributed by atoms with Crippen LogP contribution >= 0.6 is 0 Å². The number of carbonyl (C=O) groups excluding carboxylic acids is 1. The first kappa shape index (κ1) is 13.8. The monoisotopic (exact) mass is 254 g/mol. The first-order valence-corrected chi connectivity index (χ1v) is 7.19. The maximum Gasteiger partial charge on any atom is 0.237 e. The van der Waals surface area contributed by atoms with Crippen LogP contribution in [0.15, 0.2) is 0 Å². The third kappa shape index (κ3) is 3.69. The smallest absolute Gasteiger partial charge is 0.237 e. The van der Waals surface area contributed by atoms with Gasteiger partial charge in [-0.1, -0.05) is 13.8 Å². The van der Waals surface area contributed by atoms with Crippen LogP contribution in [0.4, 0.5) is 0 Å². The van der Waals surface area contributed by atoms with Gasteiger partial charge in [0.1, 0.15) is 0 Å². The Hall–Kier alpha value is -0.610. The van der Waals surface area contributed by atoms with Crippen LogP contribution in [0.3, 0.4) is 0 Å². The summed E-state index contributed by atoms with van der Waals surface area (Å²) in [6.45, 7) is 10.4. The lowest BCUT2D eigenvalue weighted by Crippen LogP contribution is -2.50. The maximum atomic E-state index is 12.4. The summed E-state index contributed by atoms with van der Waals surface area (Å²) in [7, 11) is 0. The lowest BCUT2D eigenvalue weighted by atomic mass is 10.2. The average molecular weight is 254 g/mol. The Morgan fingerprint density at radius 1 is 1.44 bits per heavy atom. The fraction of sp³-hybridized carbons (Fsp3) is 0.929. The second-order valence-electron chi connectivity index (χ2n) is 6.07. The van der Waals surface area contributed by atoms with Gasteiger partial charge in [-0.15, -0.1) is 0 Å². The minimum absolute atomic E-state index is 0.306. The molecule has 1 amide bonds. The van der Waals surface area contributed by atoms with E-state index in [0.717, 1.165) is 26.3 Å². The molecule has 0 aromatic rings. The number of rotatable bonds is 5. The summed E-state index contributed by atoms with van der Waals surface area (Å²) < 4.78 is 5.41. The van der Waals surface area contributed by atoms with Gasteiger partial charge in [-0.05, 0) is 25.7 Å². The molecule has 104 valence electrons. The zero-order chi connectivity index (χ0) is 13.1. The van der Waals surface area contributed by atoms with Crippen molar-refractivity contribution in [1.82, 2.24) is 9.80 Å². The largest absolute Gasteiger partial charge is 0.379 e. The predicted molar refractivity (Wildman–Crippen MR) is 71.4 cm³/mol. The van der Waals surface area contributed by atoms with E-state index in [1.165, 1.54) is 12.8 Å². The summed E-state index contributed by atoms with van der Waals surface area (Å²) in [4.78, 5) is 16.8. The van der Waals surface area contributed by atoms with Gasteiger partial charge in [0.15, 0.2) is 0 Å². The van der Waals surface area contributed by atoms with E-state index >= 15 is 0 Å². The molecule has 1 unspecified atom stereocenters. The molecule has 0 spiro atoms. The van der Waals surface area contributed by atoms with Crippen molar-refractivity contribution in [1.29, 1.82) is 0 Å². The molecule has 0 bridgehead atoms. The first-order valence-electron chi connectivity index (χ1n) is 7.19. The normalized spacial score (nSPS) is 25.4. The van der Waals surface area contributed by atoms with Gasteiger partial charge in [0, 0.05) is 25.2 Å².